The van der Waals surface area contributed by atoms with E-state index in [1.54, 1.807) is 6.92 Å². The first kappa shape index (κ1) is 10.4. The van der Waals surface area contributed by atoms with Gasteiger partial charge in [0.25, 0.3) is 0 Å². The Kier molecular flexibility index (Phi) is 4.86. The number of allylic oxidation sites excluding steroid dienone is 1. The maximum Gasteiger partial charge on any atom is 0.336 e. The number of hydrogen-bond donors (Lipinski definition) is 0. The van der Waals surface area contributed by atoms with Crippen LogP contribution >= 0.6 is 11.6 Å². The van der Waals surface area contributed by atoms with Gasteiger partial charge in [0.05, 0.1) is 18.1 Å². The third-order valence-electron chi connectivity index (χ3n) is 1.11. The average Bonchev–Trinajstić information content (AvgIpc) is 2.02. The van der Waals surface area contributed by atoms with Gasteiger partial charge >= 0.3 is 5.97 Å². The minimum Gasteiger partial charge on any atom is -0.463 e. The van der Waals surface area contributed by atoms with E-state index in [1.807, 2.05) is 0 Å². The molecule has 0 unspecified atom stereocenters. The van der Waals surface area contributed by atoms with Gasteiger partial charge < -0.3 is 4.74 Å². The van der Waals surface area contributed by atoms with Crippen molar-refractivity contribution < 1.29 is 13.9 Å². The molecule has 0 aromatic rings. The molecule has 0 atom stereocenters. The molecule has 0 N–H and O–H groups in total. The highest BCUT2D eigenvalue weighted by atomic mass is 35.5. The molecule has 0 aromatic heterocycles. The summed E-state index contributed by atoms with van der Waals surface area (Å²) in [5.41, 5.74) is -0.0538. The Morgan fingerprint density at radius 2 is 2.18 bits per heavy atom. The van der Waals surface area contributed by atoms with Crippen molar-refractivity contribution >= 4 is 17.6 Å². The summed E-state index contributed by atoms with van der Waals surface area (Å²) >= 11 is 5.15. The molecule has 0 aromatic carbocycles. The van der Waals surface area contributed by atoms with E-state index in [1.165, 1.54) is 6.92 Å². The SMILES string of the molecule is CCOC(=O)C(C)=C(F)CCl. The Bertz CT molecular complexity index is 177. The van der Waals surface area contributed by atoms with Crippen molar-refractivity contribution in [3.8, 4) is 0 Å². The van der Waals surface area contributed by atoms with Gasteiger partial charge in [0.1, 0.15) is 5.83 Å². The van der Waals surface area contributed by atoms with Gasteiger partial charge in [0.15, 0.2) is 0 Å². The summed E-state index contributed by atoms with van der Waals surface area (Å²) in [7, 11) is 0. The fourth-order valence-corrected chi connectivity index (χ4v) is 0.651. The van der Waals surface area contributed by atoms with Gasteiger partial charge in [0, 0.05) is 0 Å². The summed E-state index contributed by atoms with van der Waals surface area (Å²) in [6, 6.07) is 0. The second kappa shape index (κ2) is 5.13. The lowest BCUT2D eigenvalue weighted by molar-refractivity contribution is -0.138. The zero-order valence-corrected chi connectivity index (χ0v) is 7.24. The van der Waals surface area contributed by atoms with Crippen LogP contribution in [0.2, 0.25) is 0 Å². The smallest absolute Gasteiger partial charge is 0.336 e. The van der Waals surface area contributed by atoms with Crippen molar-refractivity contribution in [3.05, 3.63) is 11.4 Å². The average molecular weight is 181 g/mol. The largest absolute Gasteiger partial charge is 0.463 e. The number of alkyl halides is 1. The lowest BCUT2D eigenvalue weighted by Gasteiger charge is -2.01. The highest BCUT2D eigenvalue weighted by Crippen LogP contribution is 2.08. The number of carbonyl (C=O) groups excluding carboxylic acids is 1. The third-order valence-corrected chi connectivity index (χ3v) is 1.34. The second-order valence-corrected chi connectivity index (χ2v) is 2.15. The number of hydrogen-bond acceptors (Lipinski definition) is 2. The van der Waals surface area contributed by atoms with Crippen LogP contribution in [0.4, 0.5) is 4.39 Å². The third kappa shape index (κ3) is 3.37. The zero-order valence-electron chi connectivity index (χ0n) is 6.49. The van der Waals surface area contributed by atoms with Crippen molar-refractivity contribution in [1.82, 2.24) is 0 Å². The van der Waals surface area contributed by atoms with Gasteiger partial charge in [-0.1, -0.05) is 0 Å². The van der Waals surface area contributed by atoms with Crippen molar-refractivity contribution in [1.29, 1.82) is 0 Å². The first-order chi connectivity index (χ1) is 5.13. The van der Waals surface area contributed by atoms with E-state index >= 15 is 0 Å². The van der Waals surface area contributed by atoms with Crippen LogP contribution in [0.5, 0.6) is 0 Å². The van der Waals surface area contributed by atoms with Gasteiger partial charge in [-0.05, 0) is 13.8 Å². The first-order valence-electron chi connectivity index (χ1n) is 3.21. The highest BCUT2D eigenvalue weighted by Gasteiger charge is 2.09. The topological polar surface area (TPSA) is 26.3 Å². The molecule has 4 heteroatoms. The molecule has 0 amide bonds. The molecule has 0 spiro atoms. The summed E-state index contributed by atoms with van der Waals surface area (Å²) in [4.78, 5) is 10.8. The van der Waals surface area contributed by atoms with Gasteiger partial charge in [-0.3, -0.25) is 0 Å². The van der Waals surface area contributed by atoms with Crippen molar-refractivity contribution in [2.45, 2.75) is 13.8 Å². The summed E-state index contributed by atoms with van der Waals surface area (Å²) in [5, 5.41) is 0. The van der Waals surface area contributed by atoms with Crippen LogP contribution in [0.25, 0.3) is 0 Å². The Hall–Kier alpha value is -0.570. The van der Waals surface area contributed by atoms with E-state index in [9.17, 15) is 9.18 Å². The van der Waals surface area contributed by atoms with Gasteiger partial charge in [-0.15, -0.1) is 11.6 Å². The van der Waals surface area contributed by atoms with E-state index in [4.69, 9.17) is 11.6 Å². The van der Waals surface area contributed by atoms with E-state index in [0.717, 1.165) is 0 Å². The minimum absolute atomic E-state index is 0.0538. The molecule has 0 aliphatic heterocycles. The van der Waals surface area contributed by atoms with Crippen molar-refractivity contribution in [2.75, 3.05) is 12.5 Å². The molecule has 64 valence electrons. The highest BCUT2D eigenvalue weighted by molar-refractivity contribution is 6.19. The standard InChI is InChI=1S/C7H10ClFO2/c1-3-11-7(10)5(2)6(9)4-8/h3-4H2,1-2H3. The number of carbonyl (C=O) groups is 1. The molecule has 0 aliphatic carbocycles. The Balaban J connectivity index is 4.22. The van der Waals surface area contributed by atoms with Crippen molar-refractivity contribution in [3.63, 3.8) is 0 Å². The summed E-state index contributed by atoms with van der Waals surface area (Å²) < 4.78 is 17.1. The number of ether oxygens (including phenoxy) is 1. The minimum atomic E-state index is -0.648. The van der Waals surface area contributed by atoms with Crippen LogP contribution in [0.1, 0.15) is 13.8 Å². The molecule has 0 fully saturated rings. The molecule has 0 saturated carbocycles. The van der Waals surface area contributed by atoms with Crippen LogP contribution < -0.4 is 0 Å². The lowest BCUT2D eigenvalue weighted by atomic mass is 10.3. The van der Waals surface area contributed by atoms with Crippen LogP contribution in [0.15, 0.2) is 11.4 Å². The number of esters is 1. The molecule has 0 bridgehead atoms. The zero-order chi connectivity index (χ0) is 8.85. The predicted molar refractivity (Wildman–Crippen MR) is 41.2 cm³/mol. The molecule has 0 radical (unpaired) electrons. The molecule has 11 heavy (non-hydrogen) atoms. The van der Waals surface area contributed by atoms with Crippen LogP contribution in [0.3, 0.4) is 0 Å². The Labute approximate surface area is 70.0 Å². The molecule has 0 saturated heterocycles. The van der Waals surface area contributed by atoms with Crippen LogP contribution in [0, 0.1) is 0 Å². The number of halogens is 2. The molecular formula is C7H10ClFO2. The maximum atomic E-state index is 12.5. The monoisotopic (exact) mass is 180 g/mol. The molecular weight excluding hydrogens is 171 g/mol. The maximum absolute atomic E-state index is 12.5. The Morgan fingerprint density at radius 1 is 1.64 bits per heavy atom. The number of rotatable bonds is 3. The van der Waals surface area contributed by atoms with Crippen molar-refractivity contribution in [2.24, 2.45) is 0 Å². The van der Waals surface area contributed by atoms with E-state index in [0.29, 0.717) is 0 Å². The first-order valence-corrected chi connectivity index (χ1v) is 3.75. The van der Waals surface area contributed by atoms with E-state index < -0.39 is 11.8 Å². The lowest BCUT2D eigenvalue weighted by Crippen LogP contribution is -2.06. The van der Waals surface area contributed by atoms with Gasteiger partial charge in [-0.25, -0.2) is 9.18 Å². The molecule has 0 rings (SSSR count). The molecule has 0 heterocycles. The van der Waals surface area contributed by atoms with Gasteiger partial charge in [0.2, 0.25) is 0 Å². The Morgan fingerprint density at radius 3 is 2.55 bits per heavy atom. The fraction of sp³-hybridized carbons (Fsp3) is 0.571. The van der Waals surface area contributed by atoms with E-state index in [2.05, 4.69) is 4.74 Å². The van der Waals surface area contributed by atoms with Gasteiger partial charge in [-0.2, -0.15) is 0 Å². The van der Waals surface area contributed by atoms with E-state index in [-0.39, 0.29) is 18.1 Å². The second-order valence-electron chi connectivity index (χ2n) is 1.88. The van der Waals surface area contributed by atoms with Crippen LogP contribution in [-0.2, 0) is 9.53 Å². The summed E-state index contributed by atoms with van der Waals surface area (Å²) in [6.45, 7) is 3.24. The van der Waals surface area contributed by atoms with Crippen LogP contribution in [-0.4, -0.2) is 18.5 Å². The fourth-order valence-electron chi connectivity index (χ4n) is 0.450. The quantitative estimate of drug-likeness (QED) is 0.378. The molecule has 2 nitrogen and oxygen atoms in total. The normalized spacial score (nSPS) is 12.4. The molecule has 0 aliphatic rings. The summed E-state index contributed by atoms with van der Waals surface area (Å²) in [6.07, 6.45) is 0. The summed E-state index contributed by atoms with van der Waals surface area (Å²) in [5.74, 6) is -1.57. The predicted octanol–water partition coefficient (Wildman–Crippen LogP) is 2.03.